The summed E-state index contributed by atoms with van der Waals surface area (Å²) in [6.45, 7) is 12.3. The SMILES string of the molecule is CCN(CC)c1nc(Cl)nc(N(CC)CC(C)(C)O)n1. The Morgan fingerprint density at radius 1 is 0.950 bits per heavy atom. The fourth-order valence-electron chi connectivity index (χ4n) is 1.91. The molecule has 0 bridgehead atoms. The van der Waals surface area contributed by atoms with Crippen LogP contribution in [0.25, 0.3) is 0 Å². The second-order valence-corrected chi connectivity index (χ2v) is 5.54. The van der Waals surface area contributed by atoms with Crippen molar-refractivity contribution in [3.63, 3.8) is 0 Å². The van der Waals surface area contributed by atoms with E-state index in [9.17, 15) is 5.11 Å². The number of nitrogens with zero attached hydrogens (tertiary/aromatic N) is 5. The highest BCUT2D eigenvalue weighted by atomic mass is 35.5. The normalized spacial score (nSPS) is 11.6. The minimum absolute atomic E-state index is 0.172. The molecule has 0 amide bonds. The van der Waals surface area contributed by atoms with Gasteiger partial charge >= 0.3 is 0 Å². The van der Waals surface area contributed by atoms with Gasteiger partial charge < -0.3 is 14.9 Å². The molecule has 0 aromatic carbocycles. The molecule has 0 fully saturated rings. The lowest BCUT2D eigenvalue weighted by molar-refractivity contribution is 0.0872. The van der Waals surface area contributed by atoms with Crippen LogP contribution in [0.4, 0.5) is 11.9 Å². The van der Waals surface area contributed by atoms with E-state index in [0.717, 1.165) is 13.1 Å². The predicted octanol–water partition coefficient (Wildman–Crippen LogP) is 1.97. The molecule has 20 heavy (non-hydrogen) atoms. The molecule has 0 aliphatic carbocycles. The second-order valence-electron chi connectivity index (χ2n) is 5.20. The van der Waals surface area contributed by atoms with Gasteiger partial charge in [-0.05, 0) is 46.2 Å². The summed E-state index contributed by atoms with van der Waals surface area (Å²) in [5, 5.41) is 10.1. The third-order valence-corrected chi connectivity index (χ3v) is 3.04. The zero-order valence-electron chi connectivity index (χ0n) is 12.9. The zero-order chi connectivity index (χ0) is 15.3. The highest BCUT2D eigenvalue weighted by Gasteiger charge is 2.21. The molecule has 0 unspecified atom stereocenters. The Morgan fingerprint density at radius 2 is 1.40 bits per heavy atom. The Morgan fingerprint density at radius 3 is 1.80 bits per heavy atom. The molecule has 114 valence electrons. The summed E-state index contributed by atoms with van der Waals surface area (Å²) >= 11 is 6.00. The number of aromatic nitrogens is 3. The van der Waals surface area contributed by atoms with Crippen molar-refractivity contribution in [2.45, 2.75) is 40.2 Å². The summed E-state index contributed by atoms with van der Waals surface area (Å²) in [6, 6.07) is 0. The van der Waals surface area contributed by atoms with Crippen LogP contribution < -0.4 is 9.80 Å². The van der Waals surface area contributed by atoms with Crippen LogP contribution in [0.2, 0.25) is 5.28 Å². The lowest BCUT2D eigenvalue weighted by Gasteiger charge is -2.28. The van der Waals surface area contributed by atoms with Crippen LogP contribution in [0.15, 0.2) is 0 Å². The van der Waals surface area contributed by atoms with E-state index < -0.39 is 5.60 Å². The molecule has 1 aromatic rings. The molecule has 0 saturated carbocycles. The quantitative estimate of drug-likeness (QED) is 0.830. The molecule has 7 heteroatoms. The number of hydrogen-bond donors (Lipinski definition) is 1. The van der Waals surface area contributed by atoms with E-state index in [2.05, 4.69) is 15.0 Å². The fourth-order valence-corrected chi connectivity index (χ4v) is 2.06. The molecule has 0 radical (unpaired) electrons. The smallest absolute Gasteiger partial charge is 0.231 e. The van der Waals surface area contributed by atoms with Gasteiger partial charge in [0.15, 0.2) is 0 Å². The van der Waals surface area contributed by atoms with E-state index in [0.29, 0.717) is 25.0 Å². The van der Waals surface area contributed by atoms with Crippen LogP contribution in [0.3, 0.4) is 0 Å². The molecular weight excluding hydrogens is 278 g/mol. The van der Waals surface area contributed by atoms with Crippen molar-refractivity contribution in [1.82, 2.24) is 15.0 Å². The Bertz CT molecular complexity index is 431. The molecule has 0 atom stereocenters. The summed E-state index contributed by atoms with van der Waals surface area (Å²) in [6.07, 6.45) is 0. The molecule has 1 rings (SSSR count). The average Bonchev–Trinajstić information content (AvgIpc) is 2.35. The van der Waals surface area contributed by atoms with Gasteiger partial charge in [0.2, 0.25) is 17.2 Å². The molecule has 0 aliphatic rings. The van der Waals surface area contributed by atoms with Gasteiger partial charge in [-0.1, -0.05) is 0 Å². The number of halogens is 1. The number of anilines is 2. The molecule has 6 nitrogen and oxygen atoms in total. The van der Waals surface area contributed by atoms with Gasteiger partial charge in [-0.15, -0.1) is 0 Å². The molecule has 1 N–H and O–H groups in total. The largest absolute Gasteiger partial charge is 0.389 e. The topological polar surface area (TPSA) is 65.4 Å². The van der Waals surface area contributed by atoms with E-state index >= 15 is 0 Å². The third-order valence-electron chi connectivity index (χ3n) is 2.87. The first-order valence-electron chi connectivity index (χ1n) is 6.94. The second kappa shape index (κ2) is 7.04. The van der Waals surface area contributed by atoms with Crippen LogP contribution >= 0.6 is 11.6 Å². The molecule has 0 saturated heterocycles. The monoisotopic (exact) mass is 301 g/mol. The van der Waals surface area contributed by atoms with Gasteiger partial charge in [-0.2, -0.15) is 15.0 Å². The maximum absolute atomic E-state index is 9.96. The minimum Gasteiger partial charge on any atom is -0.389 e. The lowest BCUT2D eigenvalue weighted by Crippen LogP contribution is -2.40. The first kappa shape index (κ1) is 16.9. The van der Waals surface area contributed by atoms with Crippen molar-refractivity contribution in [2.24, 2.45) is 0 Å². The van der Waals surface area contributed by atoms with Gasteiger partial charge in [-0.25, -0.2) is 0 Å². The van der Waals surface area contributed by atoms with E-state index in [4.69, 9.17) is 11.6 Å². The number of rotatable bonds is 7. The predicted molar refractivity (Wildman–Crippen MR) is 82.6 cm³/mol. The third kappa shape index (κ3) is 4.76. The van der Waals surface area contributed by atoms with E-state index in [1.165, 1.54) is 0 Å². The summed E-state index contributed by atoms with van der Waals surface area (Å²) in [5.74, 6) is 1.07. The van der Waals surface area contributed by atoms with Gasteiger partial charge in [0.1, 0.15) is 0 Å². The van der Waals surface area contributed by atoms with E-state index in [1.54, 1.807) is 13.8 Å². The van der Waals surface area contributed by atoms with Crippen molar-refractivity contribution in [2.75, 3.05) is 36.0 Å². The summed E-state index contributed by atoms with van der Waals surface area (Å²) in [7, 11) is 0. The summed E-state index contributed by atoms with van der Waals surface area (Å²) in [4.78, 5) is 16.7. The average molecular weight is 302 g/mol. The number of likely N-dealkylation sites (N-methyl/N-ethyl adjacent to an activating group) is 1. The van der Waals surface area contributed by atoms with E-state index in [-0.39, 0.29) is 5.28 Å². The molecule has 0 spiro atoms. The maximum atomic E-state index is 9.96. The van der Waals surface area contributed by atoms with Crippen molar-refractivity contribution >= 4 is 23.5 Å². The van der Waals surface area contributed by atoms with Gasteiger partial charge in [0, 0.05) is 26.2 Å². The first-order valence-corrected chi connectivity index (χ1v) is 7.32. The molecule has 0 aliphatic heterocycles. The Hall–Kier alpha value is -1.14. The minimum atomic E-state index is -0.829. The Kier molecular flexibility index (Phi) is 5.95. The standard InChI is InChI=1S/C13H24ClN5O/c1-6-18(7-2)11-15-10(14)16-12(17-11)19(8-3)9-13(4,5)20/h20H,6-9H2,1-5H3. The van der Waals surface area contributed by atoms with Crippen molar-refractivity contribution in [1.29, 1.82) is 0 Å². The molecule has 1 heterocycles. The first-order chi connectivity index (χ1) is 9.30. The lowest BCUT2D eigenvalue weighted by atomic mass is 10.1. The zero-order valence-corrected chi connectivity index (χ0v) is 13.6. The van der Waals surface area contributed by atoms with Gasteiger partial charge in [0.25, 0.3) is 0 Å². The van der Waals surface area contributed by atoms with Crippen molar-refractivity contribution < 1.29 is 5.11 Å². The molecule has 1 aromatic heterocycles. The summed E-state index contributed by atoms with van der Waals surface area (Å²) < 4.78 is 0. The Labute approximate surface area is 125 Å². The van der Waals surface area contributed by atoms with Crippen molar-refractivity contribution in [3.05, 3.63) is 5.28 Å². The maximum Gasteiger partial charge on any atom is 0.231 e. The molecular formula is C13H24ClN5O. The highest BCUT2D eigenvalue weighted by Crippen LogP contribution is 2.18. The van der Waals surface area contributed by atoms with Crippen LogP contribution in [0, 0.1) is 0 Å². The van der Waals surface area contributed by atoms with Crippen LogP contribution in [-0.4, -0.2) is 51.8 Å². The van der Waals surface area contributed by atoms with Crippen LogP contribution in [-0.2, 0) is 0 Å². The number of aliphatic hydroxyl groups is 1. The fraction of sp³-hybridized carbons (Fsp3) is 0.769. The van der Waals surface area contributed by atoms with Crippen LogP contribution in [0.1, 0.15) is 34.6 Å². The Balaban J connectivity index is 3.10. The van der Waals surface area contributed by atoms with Crippen LogP contribution in [0.5, 0.6) is 0 Å². The number of hydrogen-bond acceptors (Lipinski definition) is 6. The van der Waals surface area contributed by atoms with Gasteiger partial charge in [-0.3, -0.25) is 0 Å². The van der Waals surface area contributed by atoms with E-state index in [1.807, 2.05) is 30.6 Å². The highest BCUT2D eigenvalue weighted by molar-refractivity contribution is 6.28. The van der Waals surface area contributed by atoms with Gasteiger partial charge in [0.05, 0.1) is 5.60 Å². The summed E-state index contributed by atoms with van der Waals surface area (Å²) in [5.41, 5.74) is -0.829. The van der Waals surface area contributed by atoms with Crippen molar-refractivity contribution in [3.8, 4) is 0 Å².